The first kappa shape index (κ1) is 19.0. The molecule has 2 aromatic carbocycles. The molecule has 0 spiro atoms. The molecule has 0 aromatic heterocycles. The fourth-order valence-corrected chi connectivity index (χ4v) is 4.25. The van der Waals surface area contributed by atoms with Gasteiger partial charge in [-0.05, 0) is 73.5 Å². The number of benzene rings is 2. The fourth-order valence-electron chi connectivity index (χ4n) is 3.25. The molecule has 7 heteroatoms. The largest absolute Gasteiger partial charge is 0.371 e. The molecule has 2 heterocycles. The van der Waals surface area contributed by atoms with Crippen LogP contribution in [0.2, 0.25) is 5.02 Å². The molecule has 0 aliphatic carbocycles. The predicted octanol–water partition coefficient (Wildman–Crippen LogP) is 5.28. The average molecular weight is 416 g/mol. The first-order valence-corrected chi connectivity index (χ1v) is 10.3. The standard InChI is InChI=1S/C21H19ClFN3OS/c1-13-16(22)5-4-6-18(13)24-21-25-20(27)19(28-21)11-14-7-8-15(12-17(14)23)26-9-2-3-10-26/h4-8,11-12H,2-3,9-10H2,1H3,(H,24,25,27). The summed E-state index contributed by atoms with van der Waals surface area (Å²) < 4.78 is 14.6. The number of carbonyl (C=O) groups is 1. The number of hydrogen-bond acceptors (Lipinski definition) is 4. The number of rotatable bonds is 3. The molecule has 4 rings (SSSR count). The minimum absolute atomic E-state index is 0.286. The van der Waals surface area contributed by atoms with Crippen molar-refractivity contribution in [1.82, 2.24) is 5.32 Å². The molecule has 0 unspecified atom stereocenters. The maximum absolute atomic E-state index is 14.6. The number of nitrogens with zero attached hydrogens (tertiary/aromatic N) is 2. The van der Waals surface area contributed by atoms with Gasteiger partial charge in [-0.25, -0.2) is 9.38 Å². The van der Waals surface area contributed by atoms with Crippen molar-refractivity contribution in [3.8, 4) is 0 Å². The summed E-state index contributed by atoms with van der Waals surface area (Å²) in [6, 6.07) is 10.6. The Bertz CT molecular complexity index is 999. The van der Waals surface area contributed by atoms with Crippen LogP contribution in [0.4, 0.5) is 15.8 Å². The lowest BCUT2D eigenvalue weighted by Crippen LogP contribution is -2.19. The quantitative estimate of drug-likeness (QED) is 0.693. The number of aliphatic imine (C=N–C) groups is 1. The van der Waals surface area contributed by atoms with E-state index < -0.39 is 0 Å². The normalized spacial score (nSPS) is 19.7. The van der Waals surface area contributed by atoms with Gasteiger partial charge in [-0.3, -0.25) is 4.79 Å². The van der Waals surface area contributed by atoms with Gasteiger partial charge in [0, 0.05) is 29.4 Å². The molecule has 1 amide bonds. The molecule has 2 aliphatic heterocycles. The van der Waals surface area contributed by atoms with Gasteiger partial charge in [0.15, 0.2) is 5.17 Å². The Morgan fingerprint density at radius 2 is 2.04 bits per heavy atom. The third-order valence-electron chi connectivity index (χ3n) is 4.85. The molecule has 2 fully saturated rings. The van der Waals surface area contributed by atoms with Crippen molar-refractivity contribution >= 4 is 51.9 Å². The van der Waals surface area contributed by atoms with Gasteiger partial charge >= 0.3 is 0 Å². The van der Waals surface area contributed by atoms with Crippen molar-refractivity contribution in [1.29, 1.82) is 0 Å². The van der Waals surface area contributed by atoms with Crippen molar-refractivity contribution in [2.24, 2.45) is 4.99 Å². The van der Waals surface area contributed by atoms with E-state index >= 15 is 0 Å². The lowest BCUT2D eigenvalue weighted by molar-refractivity contribution is -0.115. The predicted molar refractivity (Wildman–Crippen MR) is 115 cm³/mol. The van der Waals surface area contributed by atoms with E-state index in [0.29, 0.717) is 26.3 Å². The van der Waals surface area contributed by atoms with Gasteiger partial charge in [-0.2, -0.15) is 0 Å². The molecule has 2 saturated heterocycles. The van der Waals surface area contributed by atoms with Crippen LogP contribution in [0.15, 0.2) is 46.3 Å². The second-order valence-electron chi connectivity index (χ2n) is 6.77. The van der Waals surface area contributed by atoms with Crippen LogP contribution in [-0.4, -0.2) is 24.2 Å². The van der Waals surface area contributed by atoms with Crippen molar-refractivity contribution in [3.63, 3.8) is 0 Å². The van der Waals surface area contributed by atoms with E-state index in [0.717, 1.165) is 37.2 Å². The first-order valence-electron chi connectivity index (χ1n) is 9.10. The molecule has 0 bridgehead atoms. The zero-order valence-corrected chi connectivity index (χ0v) is 16.9. The number of nitrogens with one attached hydrogen (secondary N) is 1. The topological polar surface area (TPSA) is 44.7 Å². The SMILES string of the molecule is Cc1c(Cl)cccc1N=C1NC(=O)C(=Cc2ccc(N3CCCC3)cc2F)S1. The van der Waals surface area contributed by atoms with Crippen LogP contribution in [0.1, 0.15) is 24.0 Å². The second kappa shape index (κ2) is 7.97. The zero-order chi connectivity index (χ0) is 19.7. The zero-order valence-electron chi connectivity index (χ0n) is 15.3. The number of anilines is 1. The van der Waals surface area contributed by atoms with Gasteiger partial charge in [-0.15, -0.1) is 0 Å². The molecule has 2 aromatic rings. The maximum Gasteiger partial charge on any atom is 0.264 e. The van der Waals surface area contributed by atoms with Gasteiger partial charge in [0.1, 0.15) is 5.82 Å². The highest BCUT2D eigenvalue weighted by atomic mass is 35.5. The van der Waals surface area contributed by atoms with E-state index in [4.69, 9.17) is 11.6 Å². The van der Waals surface area contributed by atoms with Crippen molar-refractivity contribution < 1.29 is 9.18 Å². The summed E-state index contributed by atoms with van der Waals surface area (Å²) >= 11 is 7.31. The molecule has 0 radical (unpaired) electrons. The van der Waals surface area contributed by atoms with Crippen LogP contribution in [0.5, 0.6) is 0 Å². The molecular weight excluding hydrogens is 397 g/mol. The molecule has 144 valence electrons. The Hall–Kier alpha value is -2.31. The van der Waals surface area contributed by atoms with Gasteiger partial charge in [0.05, 0.1) is 10.6 Å². The molecule has 0 atom stereocenters. The minimum Gasteiger partial charge on any atom is -0.371 e. The van der Waals surface area contributed by atoms with Crippen LogP contribution in [-0.2, 0) is 4.79 Å². The van der Waals surface area contributed by atoms with Gasteiger partial charge in [0.2, 0.25) is 0 Å². The highest BCUT2D eigenvalue weighted by Crippen LogP contribution is 2.32. The van der Waals surface area contributed by atoms with Gasteiger partial charge < -0.3 is 10.2 Å². The number of hydrogen-bond donors (Lipinski definition) is 1. The molecule has 28 heavy (non-hydrogen) atoms. The highest BCUT2D eigenvalue weighted by Gasteiger charge is 2.24. The summed E-state index contributed by atoms with van der Waals surface area (Å²) in [7, 11) is 0. The number of halogens is 2. The van der Waals surface area contributed by atoms with Crippen LogP contribution in [0.3, 0.4) is 0 Å². The Labute approximate surface area is 172 Å². The average Bonchev–Trinajstić information content (AvgIpc) is 3.31. The number of amides is 1. The Morgan fingerprint density at radius 1 is 1.25 bits per heavy atom. The number of thioether (sulfide) groups is 1. The summed E-state index contributed by atoms with van der Waals surface area (Å²) in [6.07, 6.45) is 3.84. The molecule has 0 saturated carbocycles. The lowest BCUT2D eigenvalue weighted by Gasteiger charge is -2.17. The monoisotopic (exact) mass is 415 g/mol. The molecule has 2 aliphatic rings. The smallest absolute Gasteiger partial charge is 0.264 e. The number of carbonyl (C=O) groups excluding carboxylic acids is 1. The second-order valence-corrected chi connectivity index (χ2v) is 8.20. The maximum atomic E-state index is 14.6. The lowest BCUT2D eigenvalue weighted by atomic mass is 10.1. The molecule has 4 nitrogen and oxygen atoms in total. The van der Waals surface area contributed by atoms with Crippen LogP contribution in [0, 0.1) is 12.7 Å². The van der Waals surface area contributed by atoms with E-state index in [-0.39, 0.29) is 11.7 Å². The summed E-state index contributed by atoms with van der Waals surface area (Å²) in [6.45, 7) is 3.79. The third-order valence-corrected chi connectivity index (χ3v) is 6.17. The Kier molecular flexibility index (Phi) is 5.42. The van der Waals surface area contributed by atoms with Gasteiger partial charge in [0.25, 0.3) is 5.91 Å². The highest BCUT2D eigenvalue weighted by molar-refractivity contribution is 8.18. The fraction of sp³-hybridized carbons (Fsp3) is 0.238. The van der Waals surface area contributed by atoms with E-state index in [2.05, 4.69) is 15.2 Å². The summed E-state index contributed by atoms with van der Waals surface area (Å²) in [4.78, 5) is 19.3. The third kappa shape index (κ3) is 3.93. The van der Waals surface area contributed by atoms with Crippen molar-refractivity contribution in [2.75, 3.05) is 18.0 Å². The number of amidine groups is 1. The van der Waals surface area contributed by atoms with Crippen LogP contribution < -0.4 is 10.2 Å². The van der Waals surface area contributed by atoms with Crippen LogP contribution >= 0.6 is 23.4 Å². The van der Waals surface area contributed by atoms with E-state index in [1.165, 1.54) is 11.8 Å². The summed E-state index contributed by atoms with van der Waals surface area (Å²) in [5, 5.41) is 3.80. The van der Waals surface area contributed by atoms with E-state index in [1.54, 1.807) is 24.3 Å². The van der Waals surface area contributed by atoms with Gasteiger partial charge in [-0.1, -0.05) is 17.7 Å². The van der Waals surface area contributed by atoms with Crippen molar-refractivity contribution in [2.45, 2.75) is 19.8 Å². The Morgan fingerprint density at radius 3 is 2.79 bits per heavy atom. The van der Waals surface area contributed by atoms with E-state index in [1.807, 2.05) is 25.1 Å². The minimum atomic E-state index is -0.332. The summed E-state index contributed by atoms with van der Waals surface area (Å²) in [5.74, 6) is -0.618. The summed E-state index contributed by atoms with van der Waals surface area (Å²) in [5.41, 5.74) is 2.81. The molecule has 1 N–H and O–H groups in total. The van der Waals surface area contributed by atoms with Crippen molar-refractivity contribution in [3.05, 3.63) is 63.3 Å². The molecular formula is C21H19ClFN3OS. The van der Waals surface area contributed by atoms with Crippen LogP contribution in [0.25, 0.3) is 6.08 Å². The van der Waals surface area contributed by atoms with E-state index in [9.17, 15) is 9.18 Å². The first-order chi connectivity index (χ1) is 13.5. The Balaban J connectivity index is 1.56.